The number of hydrogen-bond acceptors (Lipinski definition) is 6. The molecular formula is C19H17FN2O4S. The summed E-state index contributed by atoms with van der Waals surface area (Å²) in [5.74, 6) is 0.651. The number of ether oxygens (including phenoxy) is 3. The van der Waals surface area contributed by atoms with Crippen LogP contribution in [-0.2, 0) is 4.79 Å². The highest BCUT2D eigenvalue weighted by Crippen LogP contribution is 2.39. The number of hydrogen-bond donors (Lipinski definition) is 1. The number of aliphatic imine (C=N–C) groups is 1. The summed E-state index contributed by atoms with van der Waals surface area (Å²) in [6.07, 6.45) is 1.67. The highest BCUT2D eigenvalue weighted by Gasteiger charge is 2.24. The third-order valence-electron chi connectivity index (χ3n) is 3.71. The van der Waals surface area contributed by atoms with Crippen LogP contribution in [0.5, 0.6) is 17.2 Å². The maximum atomic E-state index is 13.7. The van der Waals surface area contributed by atoms with Crippen LogP contribution in [0.15, 0.2) is 46.3 Å². The predicted octanol–water partition coefficient (Wildman–Crippen LogP) is 3.74. The fourth-order valence-electron chi connectivity index (χ4n) is 2.47. The minimum absolute atomic E-state index is 0.161. The number of carbonyl (C=O) groups is 1. The quantitative estimate of drug-likeness (QED) is 0.790. The third kappa shape index (κ3) is 4.06. The van der Waals surface area contributed by atoms with Crippen molar-refractivity contribution in [3.63, 3.8) is 0 Å². The molecule has 27 heavy (non-hydrogen) atoms. The summed E-state index contributed by atoms with van der Waals surface area (Å²) in [5, 5.41) is 2.94. The molecule has 8 heteroatoms. The molecule has 0 atom stereocenters. The molecule has 0 bridgehead atoms. The number of rotatable bonds is 5. The van der Waals surface area contributed by atoms with E-state index < -0.39 is 5.82 Å². The van der Waals surface area contributed by atoms with Gasteiger partial charge in [-0.25, -0.2) is 9.38 Å². The van der Waals surface area contributed by atoms with Crippen molar-refractivity contribution in [1.29, 1.82) is 0 Å². The molecule has 0 spiro atoms. The Morgan fingerprint density at radius 1 is 1.07 bits per heavy atom. The molecule has 1 heterocycles. The molecule has 1 aliphatic rings. The Hall–Kier alpha value is -3.00. The Morgan fingerprint density at radius 2 is 1.74 bits per heavy atom. The molecule has 2 aromatic carbocycles. The lowest BCUT2D eigenvalue weighted by Crippen LogP contribution is -2.19. The lowest BCUT2D eigenvalue weighted by molar-refractivity contribution is -0.115. The van der Waals surface area contributed by atoms with Gasteiger partial charge in [0.1, 0.15) is 11.5 Å². The van der Waals surface area contributed by atoms with Gasteiger partial charge in [0.2, 0.25) is 5.75 Å². The van der Waals surface area contributed by atoms with Gasteiger partial charge < -0.3 is 19.5 Å². The molecule has 2 aromatic rings. The van der Waals surface area contributed by atoms with Crippen molar-refractivity contribution >= 4 is 34.6 Å². The van der Waals surface area contributed by atoms with Gasteiger partial charge in [-0.15, -0.1) is 0 Å². The average molecular weight is 388 g/mol. The second-order valence-corrected chi connectivity index (χ2v) is 6.42. The molecule has 1 fully saturated rings. The normalized spacial score (nSPS) is 16.5. The number of nitrogens with one attached hydrogen (secondary N) is 1. The first-order valence-electron chi connectivity index (χ1n) is 7.90. The molecule has 0 saturated carbocycles. The second kappa shape index (κ2) is 8.13. The van der Waals surface area contributed by atoms with Crippen molar-refractivity contribution in [1.82, 2.24) is 5.32 Å². The molecule has 3 rings (SSSR count). The summed E-state index contributed by atoms with van der Waals surface area (Å²) >= 11 is 1.12. The summed E-state index contributed by atoms with van der Waals surface area (Å²) in [5.41, 5.74) is 0.851. The maximum absolute atomic E-state index is 13.7. The molecule has 1 N–H and O–H groups in total. The van der Waals surface area contributed by atoms with Gasteiger partial charge in [-0.05, 0) is 47.7 Å². The fourth-order valence-corrected chi connectivity index (χ4v) is 3.30. The van der Waals surface area contributed by atoms with Crippen molar-refractivity contribution < 1.29 is 23.4 Å². The number of amidine groups is 1. The first-order chi connectivity index (χ1) is 13.0. The third-order valence-corrected chi connectivity index (χ3v) is 4.62. The topological polar surface area (TPSA) is 69.2 Å². The zero-order chi connectivity index (χ0) is 19.4. The number of carbonyl (C=O) groups excluding carboxylic acids is 1. The lowest BCUT2D eigenvalue weighted by atomic mass is 10.1. The van der Waals surface area contributed by atoms with Gasteiger partial charge in [0.15, 0.2) is 16.7 Å². The summed E-state index contributed by atoms with van der Waals surface area (Å²) < 4.78 is 29.7. The van der Waals surface area contributed by atoms with Crippen molar-refractivity contribution in [3.05, 3.63) is 52.7 Å². The van der Waals surface area contributed by atoms with Crippen molar-refractivity contribution in [2.24, 2.45) is 4.99 Å². The SMILES string of the molecule is COc1cc(/C=C2/SC(=Nc3ccccc3F)NC2=O)cc(OC)c1OC. The minimum atomic E-state index is -0.457. The largest absolute Gasteiger partial charge is 0.493 e. The Bertz CT molecular complexity index is 918. The number of nitrogens with zero attached hydrogens (tertiary/aromatic N) is 1. The number of methoxy groups -OCH3 is 3. The smallest absolute Gasteiger partial charge is 0.264 e. The van der Waals surface area contributed by atoms with Crippen LogP contribution in [0, 0.1) is 5.82 Å². The number of thioether (sulfide) groups is 1. The van der Waals surface area contributed by atoms with Crippen LogP contribution >= 0.6 is 11.8 Å². The van der Waals surface area contributed by atoms with Crippen LogP contribution in [0.4, 0.5) is 10.1 Å². The molecule has 6 nitrogen and oxygen atoms in total. The van der Waals surface area contributed by atoms with Crippen molar-refractivity contribution in [2.45, 2.75) is 0 Å². The Labute approximate surface area is 160 Å². The van der Waals surface area contributed by atoms with Crippen molar-refractivity contribution in [3.8, 4) is 17.2 Å². The Balaban J connectivity index is 1.92. The second-order valence-electron chi connectivity index (χ2n) is 5.39. The average Bonchev–Trinajstić information content (AvgIpc) is 3.01. The lowest BCUT2D eigenvalue weighted by Gasteiger charge is -2.12. The van der Waals surface area contributed by atoms with E-state index in [9.17, 15) is 9.18 Å². The Morgan fingerprint density at radius 3 is 2.33 bits per heavy atom. The maximum Gasteiger partial charge on any atom is 0.264 e. The molecule has 1 amide bonds. The van der Waals surface area contributed by atoms with E-state index in [0.29, 0.717) is 32.9 Å². The van der Waals surface area contributed by atoms with E-state index >= 15 is 0 Å². The molecule has 0 aliphatic carbocycles. The van der Waals surface area contributed by atoms with Crippen LogP contribution in [0.25, 0.3) is 6.08 Å². The van der Waals surface area contributed by atoms with E-state index in [1.165, 1.54) is 33.5 Å². The number of benzene rings is 2. The van der Waals surface area contributed by atoms with Gasteiger partial charge in [-0.2, -0.15) is 0 Å². The van der Waals surface area contributed by atoms with Gasteiger partial charge >= 0.3 is 0 Å². The standard InChI is InChI=1S/C19H17FN2O4S/c1-24-14-8-11(9-15(25-2)17(14)26-3)10-16-18(23)22-19(27-16)21-13-7-5-4-6-12(13)20/h4-10H,1-3H3,(H,21,22,23)/b16-10+. The highest BCUT2D eigenvalue weighted by molar-refractivity contribution is 8.18. The van der Waals surface area contributed by atoms with Gasteiger partial charge in [-0.3, -0.25) is 4.79 Å². The van der Waals surface area contributed by atoms with E-state index in [-0.39, 0.29) is 11.6 Å². The minimum Gasteiger partial charge on any atom is -0.493 e. The number of amides is 1. The van der Waals surface area contributed by atoms with E-state index in [2.05, 4.69) is 10.3 Å². The predicted molar refractivity (Wildman–Crippen MR) is 103 cm³/mol. The van der Waals surface area contributed by atoms with Crippen LogP contribution in [-0.4, -0.2) is 32.4 Å². The highest BCUT2D eigenvalue weighted by atomic mass is 32.2. The van der Waals surface area contributed by atoms with E-state index in [1.807, 2.05) is 0 Å². The van der Waals surface area contributed by atoms with Gasteiger partial charge in [0, 0.05) is 0 Å². The molecule has 0 radical (unpaired) electrons. The van der Waals surface area contributed by atoms with Crippen molar-refractivity contribution in [2.75, 3.05) is 21.3 Å². The van der Waals surface area contributed by atoms with E-state index in [1.54, 1.807) is 30.3 Å². The molecular weight excluding hydrogens is 371 g/mol. The number of halogens is 1. The van der Waals surface area contributed by atoms with Crippen LogP contribution < -0.4 is 19.5 Å². The first kappa shape index (κ1) is 18.8. The van der Waals surface area contributed by atoms with Crippen LogP contribution in [0.3, 0.4) is 0 Å². The molecule has 0 aromatic heterocycles. The fraction of sp³-hybridized carbons (Fsp3) is 0.158. The molecule has 0 unspecified atom stereocenters. The molecule has 1 aliphatic heterocycles. The van der Waals surface area contributed by atoms with E-state index in [0.717, 1.165) is 11.8 Å². The van der Waals surface area contributed by atoms with Crippen LogP contribution in [0.2, 0.25) is 0 Å². The zero-order valence-electron chi connectivity index (χ0n) is 14.9. The van der Waals surface area contributed by atoms with Gasteiger partial charge in [0.05, 0.1) is 26.2 Å². The molecule has 1 saturated heterocycles. The summed E-state index contributed by atoms with van der Waals surface area (Å²) in [7, 11) is 4.55. The van der Waals surface area contributed by atoms with Gasteiger partial charge in [-0.1, -0.05) is 12.1 Å². The summed E-state index contributed by atoms with van der Waals surface area (Å²) in [6.45, 7) is 0. The van der Waals surface area contributed by atoms with Gasteiger partial charge in [0.25, 0.3) is 5.91 Å². The van der Waals surface area contributed by atoms with Crippen LogP contribution in [0.1, 0.15) is 5.56 Å². The molecule has 140 valence electrons. The Kier molecular flexibility index (Phi) is 5.66. The monoisotopic (exact) mass is 388 g/mol. The summed E-state index contributed by atoms with van der Waals surface area (Å²) in [6, 6.07) is 9.57. The zero-order valence-corrected chi connectivity index (χ0v) is 15.7. The van der Waals surface area contributed by atoms with E-state index in [4.69, 9.17) is 14.2 Å². The first-order valence-corrected chi connectivity index (χ1v) is 8.71. The number of para-hydroxylation sites is 1. The summed E-state index contributed by atoms with van der Waals surface area (Å²) in [4.78, 5) is 16.8.